The first kappa shape index (κ1) is 11.7. The van der Waals surface area contributed by atoms with Crippen LogP contribution in [0.25, 0.3) is 0 Å². The number of rotatable bonds is 3. The molecule has 1 aliphatic rings. The van der Waals surface area contributed by atoms with E-state index in [1.54, 1.807) is 12.4 Å². The summed E-state index contributed by atoms with van der Waals surface area (Å²) < 4.78 is 0. The molecule has 1 fully saturated rings. The molecule has 1 atom stereocenters. The van der Waals surface area contributed by atoms with Crippen molar-refractivity contribution in [3.8, 4) is 0 Å². The van der Waals surface area contributed by atoms with E-state index in [0.29, 0.717) is 19.4 Å². The zero-order valence-electron chi connectivity index (χ0n) is 9.69. The Bertz CT molecular complexity index is 445. The summed E-state index contributed by atoms with van der Waals surface area (Å²) in [7, 11) is 0. The Kier molecular flexibility index (Phi) is 3.49. The quantitative estimate of drug-likeness (QED) is 0.736. The van der Waals surface area contributed by atoms with Crippen molar-refractivity contribution < 1.29 is 9.59 Å². The molecule has 1 aromatic heterocycles. The summed E-state index contributed by atoms with van der Waals surface area (Å²) in [5.74, 6) is -0.423. The van der Waals surface area contributed by atoms with Crippen LogP contribution < -0.4 is 10.6 Å². The maximum absolute atomic E-state index is 11.5. The molecule has 0 spiro atoms. The summed E-state index contributed by atoms with van der Waals surface area (Å²) in [6.07, 6.45) is 4.48. The van der Waals surface area contributed by atoms with Crippen LogP contribution in [-0.2, 0) is 16.1 Å². The molecule has 1 aliphatic heterocycles. The highest BCUT2D eigenvalue weighted by Crippen LogP contribution is 2.08. The summed E-state index contributed by atoms with van der Waals surface area (Å²) >= 11 is 0. The second-order valence-corrected chi connectivity index (χ2v) is 4.19. The fourth-order valence-electron chi connectivity index (χ4n) is 1.80. The molecule has 1 aromatic rings. The lowest BCUT2D eigenvalue weighted by molar-refractivity contribution is -0.134. The minimum atomic E-state index is -0.285. The largest absolute Gasteiger partial charge is 0.302 e. The van der Waals surface area contributed by atoms with Crippen LogP contribution in [0, 0.1) is 6.92 Å². The predicted molar refractivity (Wildman–Crippen MR) is 62.0 cm³/mol. The van der Waals surface area contributed by atoms with Gasteiger partial charge in [0.1, 0.15) is 0 Å². The van der Waals surface area contributed by atoms with E-state index in [1.165, 1.54) is 0 Å². The van der Waals surface area contributed by atoms with Crippen molar-refractivity contribution in [3.63, 3.8) is 0 Å². The van der Waals surface area contributed by atoms with Gasteiger partial charge in [0.25, 0.3) is 0 Å². The standard InChI is InChI=1S/C12H15N3O2/c1-8-4-5-13-6-9(8)7-14-10-2-3-11(16)15-12(10)17/h4-6,10,14H,2-3,7H2,1H3,(H,15,16,17). The molecule has 0 aromatic carbocycles. The molecular weight excluding hydrogens is 218 g/mol. The van der Waals surface area contributed by atoms with Gasteiger partial charge in [0.15, 0.2) is 0 Å². The Hall–Kier alpha value is -1.75. The molecule has 2 N–H and O–H groups in total. The molecule has 0 aliphatic carbocycles. The summed E-state index contributed by atoms with van der Waals surface area (Å²) in [5.41, 5.74) is 2.21. The van der Waals surface area contributed by atoms with E-state index < -0.39 is 0 Å². The number of pyridine rings is 1. The van der Waals surface area contributed by atoms with E-state index >= 15 is 0 Å². The summed E-state index contributed by atoms with van der Waals surface area (Å²) in [5, 5.41) is 5.47. The van der Waals surface area contributed by atoms with Crippen molar-refractivity contribution in [2.75, 3.05) is 0 Å². The molecule has 2 amide bonds. The van der Waals surface area contributed by atoms with E-state index in [4.69, 9.17) is 0 Å². The van der Waals surface area contributed by atoms with Crippen molar-refractivity contribution in [1.82, 2.24) is 15.6 Å². The van der Waals surface area contributed by atoms with E-state index in [9.17, 15) is 9.59 Å². The molecule has 1 saturated heterocycles. The van der Waals surface area contributed by atoms with Crippen LogP contribution in [0.1, 0.15) is 24.0 Å². The van der Waals surface area contributed by atoms with Crippen LogP contribution in [-0.4, -0.2) is 22.8 Å². The number of nitrogens with zero attached hydrogens (tertiary/aromatic N) is 1. The first-order chi connectivity index (χ1) is 8.16. The van der Waals surface area contributed by atoms with Gasteiger partial charge < -0.3 is 5.32 Å². The van der Waals surface area contributed by atoms with Gasteiger partial charge in [0.2, 0.25) is 11.8 Å². The first-order valence-electron chi connectivity index (χ1n) is 5.63. The summed E-state index contributed by atoms with van der Waals surface area (Å²) in [6, 6.07) is 1.65. The zero-order chi connectivity index (χ0) is 12.3. The predicted octanol–water partition coefficient (Wildman–Crippen LogP) is 0.285. The number of amides is 2. The molecule has 90 valence electrons. The maximum Gasteiger partial charge on any atom is 0.243 e. The smallest absolute Gasteiger partial charge is 0.243 e. The molecule has 17 heavy (non-hydrogen) atoms. The monoisotopic (exact) mass is 233 g/mol. The average molecular weight is 233 g/mol. The maximum atomic E-state index is 11.5. The number of nitrogens with one attached hydrogen (secondary N) is 2. The normalized spacial score (nSPS) is 20.2. The highest BCUT2D eigenvalue weighted by molar-refractivity contribution is 6.00. The zero-order valence-corrected chi connectivity index (χ0v) is 9.69. The van der Waals surface area contributed by atoms with Crippen molar-refractivity contribution in [1.29, 1.82) is 0 Å². The van der Waals surface area contributed by atoms with Crippen molar-refractivity contribution in [2.24, 2.45) is 0 Å². The van der Waals surface area contributed by atoms with Gasteiger partial charge in [-0.3, -0.25) is 19.9 Å². The van der Waals surface area contributed by atoms with Crippen LogP contribution >= 0.6 is 0 Å². The number of aryl methyl sites for hydroxylation is 1. The Balaban J connectivity index is 1.92. The minimum absolute atomic E-state index is 0.189. The Labute approximate surface area is 99.6 Å². The number of imide groups is 1. The molecule has 2 heterocycles. The van der Waals surface area contributed by atoms with Gasteiger partial charge >= 0.3 is 0 Å². The lowest BCUT2D eigenvalue weighted by Crippen LogP contribution is -2.50. The van der Waals surface area contributed by atoms with E-state index in [1.807, 2.05) is 13.0 Å². The number of piperidine rings is 1. The second kappa shape index (κ2) is 5.05. The molecular formula is C12H15N3O2. The van der Waals surface area contributed by atoms with Gasteiger partial charge in [-0.2, -0.15) is 0 Å². The molecule has 0 saturated carbocycles. The third-order valence-electron chi connectivity index (χ3n) is 2.93. The van der Waals surface area contributed by atoms with Crippen LogP contribution in [0.2, 0.25) is 0 Å². The lowest BCUT2D eigenvalue weighted by atomic mass is 10.1. The number of aromatic nitrogens is 1. The first-order valence-corrected chi connectivity index (χ1v) is 5.63. The van der Waals surface area contributed by atoms with Crippen LogP contribution in [0.15, 0.2) is 18.5 Å². The fourth-order valence-corrected chi connectivity index (χ4v) is 1.80. The van der Waals surface area contributed by atoms with Gasteiger partial charge in [-0.05, 0) is 30.5 Å². The molecule has 2 rings (SSSR count). The van der Waals surface area contributed by atoms with Gasteiger partial charge in [-0.1, -0.05) is 0 Å². The third kappa shape index (κ3) is 2.88. The summed E-state index contributed by atoms with van der Waals surface area (Å²) in [4.78, 5) is 26.5. The highest BCUT2D eigenvalue weighted by atomic mass is 16.2. The van der Waals surface area contributed by atoms with Crippen LogP contribution in [0.5, 0.6) is 0 Å². The topological polar surface area (TPSA) is 71.1 Å². The van der Waals surface area contributed by atoms with E-state index in [-0.39, 0.29) is 17.9 Å². The Morgan fingerprint density at radius 3 is 3.06 bits per heavy atom. The lowest BCUT2D eigenvalue weighted by Gasteiger charge is -2.22. The minimum Gasteiger partial charge on any atom is -0.302 e. The van der Waals surface area contributed by atoms with Crippen molar-refractivity contribution in [3.05, 3.63) is 29.6 Å². The van der Waals surface area contributed by atoms with Gasteiger partial charge in [0.05, 0.1) is 6.04 Å². The average Bonchev–Trinajstić information content (AvgIpc) is 2.30. The Morgan fingerprint density at radius 2 is 2.35 bits per heavy atom. The SMILES string of the molecule is Cc1ccncc1CNC1CCC(=O)NC1=O. The second-order valence-electron chi connectivity index (χ2n) is 4.19. The van der Waals surface area contributed by atoms with Crippen LogP contribution in [0.4, 0.5) is 0 Å². The number of hydrogen-bond acceptors (Lipinski definition) is 4. The van der Waals surface area contributed by atoms with Gasteiger partial charge in [0, 0.05) is 25.4 Å². The van der Waals surface area contributed by atoms with Crippen molar-refractivity contribution in [2.45, 2.75) is 32.4 Å². The van der Waals surface area contributed by atoms with Crippen LogP contribution in [0.3, 0.4) is 0 Å². The molecule has 1 unspecified atom stereocenters. The summed E-state index contributed by atoms with van der Waals surface area (Å²) in [6.45, 7) is 2.59. The third-order valence-corrected chi connectivity index (χ3v) is 2.93. The highest BCUT2D eigenvalue weighted by Gasteiger charge is 2.25. The van der Waals surface area contributed by atoms with Gasteiger partial charge in [-0.15, -0.1) is 0 Å². The number of carbonyl (C=O) groups excluding carboxylic acids is 2. The molecule has 0 bridgehead atoms. The van der Waals surface area contributed by atoms with Gasteiger partial charge in [-0.25, -0.2) is 0 Å². The van der Waals surface area contributed by atoms with Crippen molar-refractivity contribution >= 4 is 11.8 Å². The molecule has 5 nitrogen and oxygen atoms in total. The number of carbonyl (C=O) groups is 2. The van der Waals surface area contributed by atoms with E-state index in [2.05, 4.69) is 15.6 Å². The number of hydrogen-bond donors (Lipinski definition) is 2. The van der Waals surface area contributed by atoms with E-state index in [0.717, 1.165) is 11.1 Å². The Morgan fingerprint density at radius 1 is 1.53 bits per heavy atom. The fraction of sp³-hybridized carbons (Fsp3) is 0.417. The molecule has 5 heteroatoms. The molecule has 0 radical (unpaired) electrons.